The van der Waals surface area contributed by atoms with Crippen molar-refractivity contribution in [3.05, 3.63) is 29.3 Å². The molecule has 1 aromatic carbocycles. The van der Waals surface area contributed by atoms with E-state index >= 15 is 0 Å². The van der Waals surface area contributed by atoms with E-state index in [0.717, 1.165) is 5.56 Å². The van der Waals surface area contributed by atoms with Crippen molar-refractivity contribution in [2.45, 2.75) is 31.2 Å². The Morgan fingerprint density at radius 2 is 2.00 bits per heavy atom. The molecule has 3 N–H and O–H groups in total. The number of carboxylic acid groups (broad SMARTS) is 1. The Hall–Kier alpha value is -1.44. The summed E-state index contributed by atoms with van der Waals surface area (Å²) in [5, 5.41) is 17.6. The first kappa shape index (κ1) is 15.6. The molecule has 7 heteroatoms. The van der Waals surface area contributed by atoms with Crippen LogP contribution >= 0.6 is 0 Å². The number of sulfonamides is 1. The van der Waals surface area contributed by atoms with Gasteiger partial charge in [0.05, 0.1) is 4.90 Å². The van der Waals surface area contributed by atoms with Crippen molar-refractivity contribution in [1.82, 2.24) is 4.72 Å². The van der Waals surface area contributed by atoms with Gasteiger partial charge in [-0.2, -0.15) is 4.72 Å². The van der Waals surface area contributed by atoms with Crippen LogP contribution < -0.4 is 4.72 Å². The van der Waals surface area contributed by atoms with Gasteiger partial charge in [-0.3, -0.25) is 4.79 Å². The number of aryl methyl sites for hydroxylation is 2. The van der Waals surface area contributed by atoms with Gasteiger partial charge < -0.3 is 10.2 Å². The average Bonchev–Trinajstić information content (AvgIpc) is 2.27. The van der Waals surface area contributed by atoms with E-state index in [1.165, 1.54) is 6.07 Å². The van der Waals surface area contributed by atoms with Gasteiger partial charge in [0.25, 0.3) is 0 Å². The maximum Gasteiger partial charge on any atom is 0.321 e. The van der Waals surface area contributed by atoms with Crippen LogP contribution in [-0.4, -0.2) is 37.2 Å². The molecular weight excluding hydrogens is 270 g/mol. The minimum absolute atomic E-state index is 0.0438. The molecule has 1 aromatic rings. The summed E-state index contributed by atoms with van der Waals surface area (Å²) in [4.78, 5) is 10.9. The van der Waals surface area contributed by atoms with E-state index in [1.807, 2.05) is 6.92 Å². The van der Waals surface area contributed by atoms with Crippen LogP contribution in [0.1, 0.15) is 17.5 Å². The number of benzene rings is 1. The number of nitrogens with one attached hydrogen (secondary N) is 1. The fraction of sp³-hybridized carbons (Fsp3) is 0.417. The molecule has 0 aromatic heterocycles. The molecule has 0 unspecified atom stereocenters. The Bertz CT molecular complexity index is 567. The molecule has 0 bridgehead atoms. The van der Waals surface area contributed by atoms with Gasteiger partial charge in [-0.1, -0.05) is 17.7 Å². The lowest BCUT2D eigenvalue weighted by molar-refractivity contribution is -0.139. The summed E-state index contributed by atoms with van der Waals surface area (Å²) >= 11 is 0. The number of aliphatic hydroxyl groups is 1. The fourth-order valence-corrected chi connectivity index (χ4v) is 3.16. The number of aliphatic carboxylic acids is 1. The third-order valence-electron chi connectivity index (χ3n) is 2.63. The van der Waals surface area contributed by atoms with Crippen molar-refractivity contribution in [2.75, 3.05) is 6.61 Å². The van der Waals surface area contributed by atoms with Gasteiger partial charge in [-0.25, -0.2) is 8.42 Å². The van der Waals surface area contributed by atoms with Crippen molar-refractivity contribution >= 4 is 16.0 Å². The number of aliphatic hydroxyl groups excluding tert-OH is 1. The van der Waals surface area contributed by atoms with E-state index in [1.54, 1.807) is 19.1 Å². The maximum atomic E-state index is 12.1. The molecular formula is C12H17NO5S. The Balaban J connectivity index is 3.06. The normalized spacial score (nSPS) is 13.2. The Labute approximate surface area is 112 Å². The molecule has 1 rings (SSSR count). The molecule has 0 saturated carbocycles. The van der Waals surface area contributed by atoms with E-state index < -0.39 is 28.6 Å². The maximum absolute atomic E-state index is 12.1. The van der Waals surface area contributed by atoms with Crippen molar-refractivity contribution in [3.8, 4) is 0 Å². The number of rotatable bonds is 6. The molecule has 0 aliphatic heterocycles. The Morgan fingerprint density at radius 3 is 2.47 bits per heavy atom. The minimum Gasteiger partial charge on any atom is -0.480 e. The van der Waals surface area contributed by atoms with Gasteiger partial charge >= 0.3 is 5.97 Å². The van der Waals surface area contributed by atoms with E-state index in [9.17, 15) is 13.2 Å². The van der Waals surface area contributed by atoms with Gasteiger partial charge in [0.1, 0.15) is 6.04 Å². The monoisotopic (exact) mass is 287 g/mol. The highest BCUT2D eigenvalue weighted by atomic mass is 32.2. The molecule has 0 heterocycles. The zero-order valence-electron chi connectivity index (χ0n) is 10.8. The number of carbonyl (C=O) groups is 1. The molecule has 0 radical (unpaired) electrons. The van der Waals surface area contributed by atoms with E-state index in [-0.39, 0.29) is 11.3 Å². The van der Waals surface area contributed by atoms with Gasteiger partial charge in [0.15, 0.2) is 0 Å². The van der Waals surface area contributed by atoms with Crippen molar-refractivity contribution < 1.29 is 23.4 Å². The molecule has 19 heavy (non-hydrogen) atoms. The van der Waals surface area contributed by atoms with E-state index in [4.69, 9.17) is 10.2 Å². The molecule has 6 nitrogen and oxygen atoms in total. The van der Waals surface area contributed by atoms with E-state index in [0.29, 0.717) is 5.56 Å². The van der Waals surface area contributed by atoms with Gasteiger partial charge in [0.2, 0.25) is 10.0 Å². The van der Waals surface area contributed by atoms with Crippen LogP contribution in [0, 0.1) is 13.8 Å². The van der Waals surface area contributed by atoms with Crippen LogP contribution in [0.5, 0.6) is 0 Å². The average molecular weight is 287 g/mol. The topological polar surface area (TPSA) is 104 Å². The van der Waals surface area contributed by atoms with Crippen LogP contribution in [0.4, 0.5) is 0 Å². The van der Waals surface area contributed by atoms with Crippen LogP contribution in [0.25, 0.3) is 0 Å². The summed E-state index contributed by atoms with van der Waals surface area (Å²) in [6.45, 7) is 3.07. The standard InChI is InChI=1S/C12H17NO5S/c1-8-3-4-11(9(2)7-8)19(17,18)13-10(5-6-14)12(15)16/h3-4,7,10,13-14H,5-6H2,1-2H3,(H,15,16)/t10-/m0/s1. The quantitative estimate of drug-likeness (QED) is 0.703. The van der Waals surface area contributed by atoms with Crippen LogP contribution in [-0.2, 0) is 14.8 Å². The summed E-state index contributed by atoms with van der Waals surface area (Å²) in [5.74, 6) is -1.32. The first-order valence-electron chi connectivity index (χ1n) is 5.71. The molecule has 0 amide bonds. The van der Waals surface area contributed by atoms with Crippen molar-refractivity contribution in [2.24, 2.45) is 0 Å². The molecule has 0 aliphatic rings. The first-order chi connectivity index (χ1) is 8.77. The lowest BCUT2D eigenvalue weighted by Gasteiger charge is -2.15. The van der Waals surface area contributed by atoms with Gasteiger partial charge in [-0.05, 0) is 31.9 Å². The number of carboxylic acids is 1. The number of hydrogen-bond acceptors (Lipinski definition) is 4. The SMILES string of the molecule is Cc1ccc(S(=O)(=O)N[C@@H](CCO)C(=O)O)c(C)c1. The predicted octanol–water partition coefficient (Wildman–Crippen LogP) is 0.417. The zero-order valence-corrected chi connectivity index (χ0v) is 11.6. The second-order valence-corrected chi connectivity index (χ2v) is 5.98. The summed E-state index contributed by atoms with van der Waals surface area (Å²) < 4.78 is 26.3. The Kier molecular flexibility index (Phi) is 5.04. The lowest BCUT2D eigenvalue weighted by atomic mass is 10.2. The first-order valence-corrected chi connectivity index (χ1v) is 7.19. The van der Waals surface area contributed by atoms with Crippen LogP contribution in [0.2, 0.25) is 0 Å². The molecule has 0 aliphatic carbocycles. The summed E-state index contributed by atoms with van der Waals surface area (Å²) in [6, 6.07) is 3.45. The molecule has 1 atom stereocenters. The number of hydrogen-bond donors (Lipinski definition) is 3. The van der Waals surface area contributed by atoms with Crippen molar-refractivity contribution in [1.29, 1.82) is 0 Å². The van der Waals surface area contributed by atoms with Crippen LogP contribution in [0.3, 0.4) is 0 Å². The summed E-state index contributed by atoms with van der Waals surface area (Å²) in [7, 11) is -3.92. The molecule has 0 fully saturated rings. The molecule has 106 valence electrons. The predicted molar refractivity (Wildman–Crippen MR) is 69.4 cm³/mol. The smallest absolute Gasteiger partial charge is 0.321 e. The second kappa shape index (κ2) is 6.14. The van der Waals surface area contributed by atoms with Crippen LogP contribution in [0.15, 0.2) is 23.1 Å². The Morgan fingerprint density at radius 1 is 1.37 bits per heavy atom. The highest BCUT2D eigenvalue weighted by Gasteiger charge is 2.25. The highest BCUT2D eigenvalue weighted by Crippen LogP contribution is 2.17. The second-order valence-electron chi connectivity index (χ2n) is 4.29. The van der Waals surface area contributed by atoms with Gasteiger partial charge in [-0.15, -0.1) is 0 Å². The highest BCUT2D eigenvalue weighted by molar-refractivity contribution is 7.89. The summed E-state index contributed by atoms with van der Waals surface area (Å²) in [5.41, 5.74) is 1.46. The fourth-order valence-electron chi connectivity index (χ4n) is 1.71. The van der Waals surface area contributed by atoms with Crippen molar-refractivity contribution in [3.63, 3.8) is 0 Å². The minimum atomic E-state index is -3.92. The lowest BCUT2D eigenvalue weighted by Crippen LogP contribution is -2.41. The third-order valence-corrected chi connectivity index (χ3v) is 4.27. The van der Waals surface area contributed by atoms with E-state index in [2.05, 4.69) is 4.72 Å². The zero-order chi connectivity index (χ0) is 14.6. The third kappa shape index (κ3) is 4.02. The largest absolute Gasteiger partial charge is 0.480 e. The molecule has 0 spiro atoms. The molecule has 0 saturated heterocycles. The summed E-state index contributed by atoms with van der Waals surface area (Å²) in [6.07, 6.45) is -0.181. The van der Waals surface area contributed by atoms with Gasteiger partial charge in [0, 0.05) is 6.61 Å².